The summed E-state index contributed by atoms with van der Waals surface area (Å²) < 4.78 is 7.03. The van der Waals surface area contributed by atoms with Gasteiger partial charge in [-0.05, 0) is 12.5 Å². The molecule has 1 aromatic carbocycles. The molecule has 0 radical (unpaired) electrons. The molecular formula is C18H19N3O3. The van der Waals surface area contributed by atoms with Crippen molar-refractivity contribution in [2.24, 2.45) is 7.05 Å². The molecule has 1 amide bonds. The van der Waals surface area contributed by atoms with Gasteiger partial charge in [-0.1, -0.05) is 30.3 Å². The first kappa shape index (κ1) is 16.0. The molecular weight excluding hydrogens is 306 g/mol. The van der Waals surface area contributed by atoms with Crippen LogP contribution in [-0.4, -0.2) is 40.4 Å². The molecule has 0 aliphatic rings. The molecule has 6 nitrogen and oxygen atoms in total. The fourth-order valence-electron chi connectivity index (χ4n) is 2.96. The SMILES string of the molecule is CCc1nocc1-c1c(C(=O)C(=O)N(C)C)c2ccccc2n1C. The maximum Gasteiger partial charge on any atom is 0.294 e. The van der Waals surface area contributed by atoms with Gasteiger partial charge in [0.2, 0.25) is 0 Å². The van der Waals surface area contributed by atoms with Crippen molar-refractivity contribution < 1.29 is 14.1 Å². The summed E-state index contributed by atoms with van der Waals surface area (Å²) in [7, 11) is 5.02. The fourth-order valence-corrected chi connectivity index (χ4v) is 2.96. The highest BCUT2D eigenvalue weighted by atomic mass is 16.5. The molecule has 0 bridgehead atoms. The molecule has 6 heteroatoms. The van der Waals surface area contributed by atoms with E-state index >= 15 is 0 Å². The van der Waals surface area contributed by atoms with Gasteiger partial charge in [0.25, 0.3) is 11.7 Å². The van der Waals surface area contributed by atoms with E-state index in [1.54, 1.807) is 14.1 Å². The second-order valence-corrected chi connectivity index (χ2v) is 5.86. The van der Waals surface area contributed by atoms with Gasteiger partial charge in [0.05, 0.1) is 22.5 Å². The Morgan fingerprint density at radius 2 is 1.96 bits per heavy atom. The van der Waals surface area contributed by atoms with E-state index in [1.807, 2.05) is 42.8 Å². The second kappa shape index (κ2) is 5.96. The highest BCUT2D eigenvalue weighted by Crippen LogP contribution is 2.35. The number of carbonyl (C=O) groups is 2. The van der Waals surface area contributed by atoms with Crippen LogP contribution < -0.4 is 0 Å². The molecule has 2 aromatic heterocycles. The smallest absolute Gasteiger partial charge is 0.294 e. The first-order chi connectivity index (χ1) is 11.5. The fraction of sp³-hybridized carbons (Fsp3) is 0.278. The average molecular weight is 325 g/mol. The number of rotatable bonds is 4. The number of hydrogen-bond donors (Lipinski definition) is 0. The van der Waals surface area contributed by atoms with Crippen LogP contribution in [0.15, 0.2) is 35.1 Å². The number of Topliss-reactive ketones (excluding diaryl/α,β-unsaturated/α-hetero) is 1. The van der Waals surface area contributed by atoms with Crippen LogP contribution >= 0.6 is 0 Å². The molecule has 0 N–H and O–H groups in total. The van der Waals surface area contributed by atoms with E-state index in [2.05, 4.69) is 5.16 Å². The van der Waals surface area contributed by atoms with Crippen molar-refractivity contribution in [2.45, 2.75) is 13.3 Å². The van der Waals surface area contributed by atoms with Gasteiger partial charge in [-0.2, -0.15) is 0 Å². The third-order valence-electron chi connectivity index (χ3n) is 4.17. The zero-order valence-electron chi connectivity index (χ0n) is 14.2. The van der Waals surface area contributed by atoms with Gasteiger partial charge < -0.3 is 14.0 Å². The molecule has 0 spiro atoms. The Morgan fingerprint density at radius 1 is 1.25 bits per heavy atom. The minimum absolute atomic E-state index is 0.393. The number of hydrogen-bond acceptors (Lipinski definition) is 4. The van der Waals surface area contributed by atoms with Gasteiger partial charge >= 0.3 is 0 Å². The summed E-state index contributed by atoms with van der Waals surface area (Å²) in [6.07, 6.45) is 2.20. The van der Waals surface area contributed by atoms with Gasteiger partial charge in [-0.15, -0.1) is 0 Å². The lowest BCUT2D eigenvalue weighted by molar-refractivity contribution is -0.124. The minimum Gasteiger partial charge on any atom is -0.364 e. The highest BCUT2D eigenvalue weighted by Gasteiger charge is 2.29. The molecule has 0 fully saturated rings. The number of aromatic nitrogens is 2. The van der Waals surface area contributed by atoms with Crippen molar-refractivity contribution >= 4 is 22.6 Å². The number of amides is 1. The maximum absolute atomic E-state index is 12.9. The Bertz CT molecular complexity index is 934. The van der Waals surface area contributed by atoms with Crippen LogP contribution in [0.4, 0.5) is 0 Å². The Kier molecular flexibility index (Phi) is 3.97. The summed E-state index contributed by atoms with van der Waals surface area (Å²) in [6, 6.07) is 7.54. The molecule has 0 atom stereocenters. The first-order valence-corrected chi connectivity index (χ1v) is 7.74. The van der Waals surface area contributed by atoms with Crippen molar-refractivity contribution in [1.29, 1.82) is 0 Å². The van der Waals surface area contributed by atoms with Gasteiger partial charge in [-0.25, -0.2) is 0 Å². The number of para-hydroxylation sites is 1. The van der Waals surface area contributed by atoms with Crippen LogP contribution in [0.2, 0.25) is 0 Å². The molecule has 24 heavy (non-hydrogen) atoms. The quantitative estimate of drug-likeness (QED) is 0.546. The van der Waals surface area contributed by atoms with Crippen molar-refractivity contribution in [1.82, 2.24) is 14.6 Å². The zero-order chi connectivity index (χ0) is 17.4. The van der Waals surface area contributed by atoms with E-state index in [9.17, 15) is 9.59 Å². The molecule has 124 valence electrons. The summed E-state index contributed by atoms with van der Waals surface area (Å²) in [5.74, 6) is -1.09. The lowest BCUT2D eigenvalue weighted by Crippen LogP contribution is -2.30. The molecule has 0 aliphatic carbocycles. The van der Waals surface area contributed by atoms with E-state index in [0.29, 0.717) is 17.7 Å². The predicted octanol–water partition coefficient (Wildman–Crippen LogP) is 2.67. The van der Waals surface area contributed by atoms with Crippen molar-refractivity contribution in [2.75, 3.05) is 14.1 Å². The molecule has 0 aliphatic heterocycles. The van der Waals surface area contributed by atoms with Gasteiger partial charge in [0.15, 0.2) is 0 Å². The Morgan fingerprint density at radius 3 is 2.62 bits per heavy atom. The van der Waals surface area contributed by atoms with Crippen molar-refractivity contribution in [3.05, 3.63) is 41.8 Å². The third-order valence-corrected chi connectivity index (χ3v) is 4.17. The number of aryl methyl sites for hydroxylation is 2. The molecule has 3 rings (SSSR count). The summed E-state index contributed by atoms with van der Waals surface area (Å²) >= 11 is 0. The Labute approximate surface area is 139 Å². The lowest BCUT2D eigenvalue weighted by Gasteiger charge is -2.10. The van der Waals surface area contributed by atoms with Crippen LogP contribution in [0.3, 0.4) is 0 Å². The van der Waals surface area contributed by atoms with E-state index in [1.165, 1.54) is 11.2 Å². The minimum atomic E-state index is -0.554. The average Bonchev–Trinajstić information content (AvgIpc) is 3.15. The maximum atomic E-state index is 12.9. The van der Waals surface area contributed by atoms with E-state index in [0.717, 1.165) is 22.2 Å². The van der Waals surface area contributed by atoms with Gasteiger partial charge in [0, 0.05) is 32.0 Å². The van der Waals surface area contributed by atoms with Crippen molar-refractivity contribution in [3.8, 4) is 11.3 Å². The van der Waals surface area contributed by atoms with E-state index < -0.39 is 11.7 Å². The largest absolute Gasteiger partial charge is 0.364 e. The molecule has 0 saturated carbocycles. The normalized spacial score (nSPS) is 11.0. The predicted molar refractivity (Wildman–Crippen MR) is 90.8 cm³/mol. The molecule has 0 saturated heterocycles. The monoisotopic (exact) mass is 325 g/mol. The van der Waals surface area contributed by atoms with Crippen LogP contribution in [0.5, 0.6) is 0 Å². The summed E-state index contributed by atoms with van der Waals surface area (Å²) in [5.41, 5.74) is 3.43. The Hall–Kier alpha value is -2.89. The highest BCUT2D eigenvalue weighted by molar-refractivity contribution is 6.46. The topological polar surface area (TPSA) is 68.3 Å². The summed E-state index contributed by atoms with van der Waals surface area (Å²) in [5, 5.41) is 4.76. The molecule has 0 unspecified atom stereocenters. The Balaban J connectivity index is 2.36. The number of nitrogens with zero attached hydrogens (tertiary/aromatic N) is 3. The van der Waals surface area contributed by atoms with Gasteiger partial charge in [-0.3, -0.25) is 9.59 Å². The third kappa shape index (κ3) is 2.31. The first-order valence-electron chi connectivity index (χ1n) is 7.74. The second-order valence-electron chi connectivity index (χ2n) is 5.86. The van der Waals surface area contributed by atoms with Crippen LogP contribution in [0.1, 0.15) is 23.0 Å². The van der Waals surface area contributed by atoms with Crippen LogP contribution in [-0.2, 0) is 18.3 Å². The van der Waals surface area contributed by atoms with E-state index in [-0.39, 0.29) is 0 Å². The van der Waals surface area contributed by atoms with Crippen molar-refractivity contribution in [3.63, 3.8) is 0 Å². The van der Waals surface area contributed by atoms with E-state index in [4.69, 9.17) is 4.52 Å². The number of likely N-dealkylation sites (N-methyl/N-ethyl adjacent to an activating group) is 1. The number of fused-ring (bicyclic) bond motifs is 1. The number of carbonyl (C=O) groups excluding carboxylic acids is 2. The standard InChI is InChI=1S/C18H19N3O3/c1-5-13-12(10-24-19-13)16-15(17(22)18(23)20(2)3)11-8-6-7-9-14(11)21(16)4/h6-10H,5H2,1-4H3. The number of ketones is 1. The van der Waals surface area contributed by atoms with Gasteiger partial charge in [0.1, 0.15) is 6.26 Å². The number of benzene rings is 1. The molecule has 2 heterocycles. The summed E-state index contributed by atoms with van der Waals surface area (Å²) in [6.45, 7) is 1.97. The summed E-state index contributed by atoms with van der Waals surface area (Å²) in [4.78, 5) is 26.5. The molecule has 3 aromatic rings. The van der Waals surface area contributed by atoms with Crippen LogP contribution in [0, 0.1) is 0 Å². The van der Waals surface area contributed by atoms with Crippen LogP contribution in [0.25, 0.3) is 22.2 Å². The zero-order valence-corrected chi connectivity index (χ0v) is 14.2. The lowest BCUT2D eigenvalue weighted by atomic mass is 10.0.